The van der Waals surface area contributed by atoms with Crippen molar-refractivity contribution in [3.8, 4) is 22.9 Å². The Morgan fingerprint density at radius 3 is 2.49 bits per heavy atom. The predicted octanol–water partition coefficient (Wildman–Crippen LogP) is 3.36. The van der Waals surface area contributed by atoms with E-state index >= 15 is 0 Å². The van der Waals surface area contributed by atoms with Crippen LogP contribution in [0.2, 0.25) is 5.02 Å². The molecule has 1 aliphatic rings. The van der Waals surface area contributed by atoms with Gasteiger partial charge in [0.2, 0.25) is 11.8 Å². The van der Waals surface area contributed by atoms with Gasteiger partial charge in [0.1, 0.15) is 17.6 Å². The highest BCUT2D eigenvalue weighted by Gasteiger charge is 2.30. The molecule has 2 heterocycles. The van der Waals surface area contributed by atoms with E-state index < -0.39 is 17.9 Å². The Morgan fingerprint density at radius 2 is 1.76 bits per heavy atom. The average molecular weight is 575 g/mol. The molecule has 0 aliphatic carbocycles. The van der Waals surface area contributed by atoms with Crippen LogP contribution < -0.4 is 15.4 Å². The number of aromatic hydroxyl groups is 2. The number of carbonyl (C=O) groups is 2. The lowest BCUT2D eigenvalue weighted by molar-refractivity contribution is -0.126. The quantitative estimate of drug-likeness (QED) is 0.236. The number of nitrogens with zero attached hydrogens (tertiary/aromatic N) is 4. The van der Waals surface area contributed by atoms with Crippen LogP contribution in [-0.2, 0) is 16.1 Å². The van der Waals surface area contributed by atoms with Crippen LogP contribution in [0.25, 0.3) is 5.69 Å². The van der Waals surface area contributed by atoms with Crippen LogP contribution in [0.5, 0.6) is 17.2 Å². The fraction of sp³-hybridized carbons (Fsp3) is 0.207. The molecule has 5 rings (SSSR count). The van der Waals surface area contributed by atoms with Gasteiger partial charge in [0.15, 0.2) is 17.3 Å². The Morgan fingerprint density at radius 1 is 0.976 bits per heavy atom. The Labute approximate surface area is 240 Å². The van der Waals surface area contributed by atoms with Crippen molar-refractivity contribution in [1.82, 2.24) is 25.4 Å². The number of phenolic OH excluding ortho intramolecular Hbond substituents is 2. The third-order valence-corrected chi connectivity index (χ3v) is 6.86. The molecule has 41 heavy (non-hydrogen) atoms. The van der Waals surface area contributed by atoms with E-state index in [0.717, 1.165) is 16.8 Å². The van der Waals surface area contributed by atoms with Crippen molar-refractivity contribution in [3.05, 3.63) is 94.0 Å². The van der Waals surface area contributed by atoms with Gasteiger partial charge in [-0.2, -0.15) is 0 Å². The lowest BCUT2D eigenvalue weighted by Gasteiger charge is -2.14. The fourth-order valence-electron chi connectivity index (χ4n) is 4.55. The van der Waals surface area contributed by atoms with Crippen molar-refractivity contribution < 1.29 is 24.5 Å². The topological polar surface area (TPSA) is 151 Å². The molecule has 1 aliphatic heterocycles. The van der Waals surface area contributed by atoms with Gasteiger partial charge < -0.3 is 25.6 Å². The second-order valence-electron chi connectivity index (χ2n) is 9.40. The Hall–Kier alpha value is -4.90. The molecule has 12 heteroatoms. The number of phenols is 2. The Kier molecular flexibility index (Phi) is 7.88. The summed E-state index contributed by atoms with van der Waals surface area (Å²) in [6.45, 7) is 1.68. The van der Waals surface area contributed by atoms with Crippen LogP contribution in [0.4, 0.5) is 0 Å². The summed E-state index contributed by atoms with van der Waals surface area (Å²) in [7, 11) is 1.59. The first kappa shape index (κ1) is 27.7. The number of benzene rings is 3. The maximum atomic E-state index is 13.0. The molecule has 0 saturated heterocycles. The number of aromatic nitrogens is 3. The van der Waals surface area contributed by atoms with Gasteiger partial charge in [0.25, 0.3) is 0 Å². The third kappa shape index (κ3) is 5.99. The van der Waals surface area contributed by atoms with E-state index in [1.54, 1.807) is 25.3 Å². The molecule has 0 fully saturated rings. The zero-order chi connectivity index (χ0) is 29.1. The van der Waals surface area contributed by atoms with E-state index in [2.05, 4.69) is 20.8 Å². The highest BCUT2D eigenvalue weighted by molar-refractivity contribution is 6.30. The number of ether oxygens (including phenoxy) is 1. The van der Waals surface area contributed by atoms with Crippen LogP contribution in [0, 0.1) is 6.92 Å². The number of hydrogen-bond acceptors (Lipinski definition) is 8. The first-order chi connectivity index (χ1) is 19.7. The van der Waals surface area contributed by atoms with Gasteiger partial charge in [-0.25, -0.2) is 0 Å². The molecule has 0 unspecified atom stereocenters. The second-order valence-corrected chi connectivity index (χ2v) is 9.84. The van der Waals surface area contributed by atoms with E-state index in [1.807, 2.05) is 41.8 Å². The molecular weight excluding hydrogens is 548 g/mol. The van der Waals surface area contributed by atoms with Gasteiger partial charge in [-0.05, 0) is 55.0 Å². The minimum Gasteiger partial charge on any atom is -0.504 e. The average Bonchev–Trinajstić information content (AvgIpc) is 3.29. The van der Waals surface area contributed by atoms with Crippen LogP contribution >= 0.6 is 11.6 Å². The Bertz CT molecular complexity index is 1650. The molecule has 210 valence electrons. The van der Waals surface area contributed by atoms with Crippen molar-refractivity contribution in [2.45, 2.75) is 25.9 Å². The molecule has 2 amide bonds. The van der Waals surface area contributed by atoms with Crippen LogP contribution in [0.3, 0.4) is 0 Å². The van der Waals surface area contributed by atoms with E-state index in [1.165, 1.54) is 12.1 Å². The zero-order valence-electron chi connectivity index (χ0n) is 22.3. The molecule has 1 aromatic heterocycles. The van der Waals surface area contributed by atoms with Crippen molar-refractivity contribution in [1.29, 1.82) is 0 Å². The maximum absolute atomic E-state index is 13.0. The van der Waals surface area contributed by atoms with Crippen molar-refractivity contribution >= 4 is 29.1 Å². The summed E-state index contributed by atoms with van der Waals surface area (Å²) in [4.78, 5) is 30.4. The van der Waals surface area contributed by atoms with Gasteiger partial charge in [0, 0.05) is 22.7 Å². The zero-order valence-corrected chi connectivity index (χ0v) is 23.0. The number of nitrogens with one attached hydrogen (secondary N) is 2. The largest absolute Gasteiger partial charge is 0.504 e. The molecule has 1 atom stereocenters. The maximum Gasteiger partial charge on any atom is 0.239 e. The monoisotopic (exact) mass is 574 g/mol. The highest BCUT2D eigenvalue weighted by Crippen LogP contribution is 2.34. The standard InChI is InChI=1S/C29H27ClN6O5/c1-16-34-35-29-22(13-26(39)32-15-27(40)31-14-17-3-10-24(37)25(38)11-17)33-28(18-4-6-19(30)7-5-18)21-12-20(41-2)8-9-23(21)36(16)29/h3-12,22,37-38H,13-15H2,1-2H3,(H,31,40)(H,32,39)/t22-/m0/s1. The molecule has 11 nitrogen and oxygen atoms in total. The summed E-state index contributed by atoms with van der Waals surface area (Å²) in [6, 6.07) is 16.4. The number of aliphatic imine (C=N–C) groups is 1. The number of amides is 2. The van der Waals surface area contributed by atoms with Crippen molar-refractivity contribution in [2.75, 3.05) is 13.7 Å². The first-order valence-electron chi connectivity index (χ1n) is 12.7. The molecule has 0 spiro atoms. The number of fused-ring (bicyclic) bond motifs is 3. The fourth-order valence-corrected chi connectivity index (χ4v) is 4.67. The van der Waals surface area contributed by atoms with Crippen LogP contribution in [-0.4, -0.2) is 56.2 Å². The van der Waals surface area contributed by atoms with Gasteiger partial charge in [-0.15, -0.1) is 10.2 Å². The number of carbonyl (C=O) groups excluding carboxylic acids is 2. The predicted molar refractivity (Wildman–Crippen MR) is 152 cm³/mol. The first-order valence-corrected chi connectivity index (χ1v) is 13.1. The lowest BCUT2D eigenvalue weighted by atomic mass is 10.00. The second kappa shape index (κ2) is 11.7. The summed E-state index contributed by atoms with van der Waals surface area (Å²) >= 11 is 6.15. The number of halogens is 1. The number of hydrogen-bond donors (Lipinski definition) is 4. The third-order valence-electron chi connectivity index (χ3n) is 6.60. The number of rotatable bonds is 8. The Balaban J connectivity index is 1.38. The van der Waals surface area contributed by atoms with E-state index in [-0.39, 0.29) is 31.0 Å². The van der Waals surface area contributed by atoms with Crippen LogP contribution in [0.15, 0.2) is 65.7 Å². The van der Waals surface area contributed by atoms with Gasteiger partial charge in [-0.1, -0.05) is 29.8 Å². The van der Waals surface area contributed by atoms with Gasteiger partial charge >= 0.3 is 0 Å². The minimum atomic E-state index is -0.705. The van der Waals surface area contributed by atoms with Crippen molar-refractivity contribution in [3.63, 3.8) is 0 Å². The smallest absolute Gasteiger partial charge is 0.239 e. The molecule has 4 N–H and O–H groups in total. The van der Waals surface area contributed by atoms with E-state index in [9.17, 15) is 19.8 Å². The SMILES string of the molecule is COc1ccc2c(c1)C(c1ccc(Cl)cc1)=N[C@@H](CC(=O)NCC(=O)NCc1ccc(O)c(O)c1)c1nnc(C)n1-2. The summed E-state index contributed by atoms with van der Waals surface area (Å²) in [5, 5.41) is 33.6. The van der Waals surface area contributed by atoms with Crippen molar-refractivity contribution in [2.24, 2.45) is 4.99 Å². The van der Waals surface area contributed by atoms with Crippen LogP contribution in [0.1, 0.15) is 40.8 Å². The summed E-state index contributed by atoms with van der Waals surface area (Å²) in [6.07, 6.45) is -0.0839. The van der Waals surface area contributed by atoms with Gasteiger partial charge in [-0.3, -0.25) is 19.1 Å². The van der Waals surface area contributed by atoms with Gasteiger partial charge in [0.05, 0.1) is 31.5 Å². The lowest BCUT2D eigenvalue weighted by Crippen LogP contribution is -2.37. The molecule has 0 radical (unpaired) electrons. The highest BCUT2D eigenvalue weighted by atomic mass is 35.5. The summed E-state index contributed by atoms with van der Waals surface area (Å²) in [5.74, 6) is 0.408. The molecule has 3 aromatic carbocycles. The molecule has 0 saturated carbocycles. The summed E-state index contributed by atoms with van der Waals surface area (Å²) in [5.41, 5.74) is 3.59. The molecule has 4 aromatic rings. The molecule has 0 bridgehead atoms. The number of methoxy groups -OCH3 is 1. The van der Waals surface area contributed by atoms with E-state index in [0.29, 0.717) is 33.7 Å². The van der Waals surface area contributed by atoms with E-state index in [4.69, 9.17) is 21.3 Å². The molecular formula is C29H27ClN6O5. The summed E-state index contributed by atoms with van der Waals surface area (Å²) < 4.78 is 7.36. The normalized spacial score (nSPS) is 13.8. The minimum absolute atomic E-state index is 0.0839. The number of aryl methyl sites for hydroxylation is 1.